The molecule has 1 N–H and O–H groups in total. The molecule has 2 rings (SSSR count). The molecule has 0 spiro atoms. The van der Waals surface area contributed by atoms with E-state index >= 15 is 0 Å². The quantitative estimate of drug-likeness (QED) is 0.933. The van der Waals surface area contributed by atoms with E-state index in [1.54, 1.807) is 24.3 Å². The van der Waals surface area contributed by atoms with E-state index in [9.17, 15) is 9.18 Å². The summed E-state index contributed by atoms with van der Waals surface area (Å²) in [4.78, 5) is 11.6. The molecule has 0 aliphatic rings. The van der Waals surface area contributed by atoms with Crippen LogP contribution in [0.5, 0.6) is 5.75 Å². The van der Waals surface area contributed by atoms with Crippen molar-refractivity contribution in [2.45, 2.75) is 0 Å². The zero-order valence-corrected chi connectivity index (χ0v) is 11.5. The second-order valence-electron chi connectivity index (χ2n) is 3.77. The number of para-hydroxylation sites is 1. The second kappa shape index (κ2) is 6.33. The number of carbonyl (C=O) groups excluding carboxylic acids is 1. The van der Waals surface area contributed by atoms with Crippen molar-refractivity contribution in [2.75, 3.05) is 11.9 Å². The van der Waals surface area contributed by atoms with Crippen molar-refractivity contribution in [1.29, 1.82) is 0 Å². The Morgan fingerprint density at radius 2 is 1.84 bits per heavy atom. The zero-order valence-electron chi connectivity index (χ0n) is 9.90. The lowest BCUT2D eigenvalue weighted by Gasteiger charge is -2.08. The molecule has 0 unspecified atom stereocenters. The van der Waals surface area contributed by atoms with E-state index in [1.807, 2.05) is 12.1 Å². The fraction of sp³-hybridized carbons (Fsp3) is 0.0714. The molecule has 0 aliphatic carbocycles. The monoisotopic (exact) mass is 323 g/mol. The summed E-state index contributed by atoms with van der Waals surface area (Å²) >= 11 is 3.30. The van der Waals surface area contributed by atoms with Gasteiger partial charge >= 0.3 is 0 Å². The first-order valence-electron chi connectivity index (χ1n) is 5.58. The minimum Gasteiger partial charge on any atom is -0.484 e. The Morgan fingerprint density at radius 3 is 2.53 bits per heavy atom. The van der Waals surface area contributed by atoms with Crippen LogP contribution in [-0.4, -0.2) is 12.5 Å². The molecule has 0 radical (unpaired) electrons. The lowest BCUT2D eigenvalue weighted by atomic mass is 10.3. The summed E-state index contributed by atoms with van der Waals surface area (Å²) in [5.74, 6) is -0.306. The number of benzene rings is 2. The van der Waals surface area contributed by atoms with Gasteiger partial charge in [0.1, 0.15) is 11.6 Å². The van der Waals surface area contributed by atoms with Crippen molar-refractivity contribution in [3.63, 3.8) is 0 Å². The molecule has 19 heavy (non-hydrogen) atoms. The van der Waals surface area contributed by atoms with Crippen LogP contribution < -0.4 is 10.1 Å². The molecular weight excluding hydrogens is 313 g/mol. The van der Waals surface area contributed by atoms with E-state index in [4.69, 9.17) is 4.74 Å². The van der Waals surface area contributed by atoms with Crippen molar-refractivity contribution in [3.8, 4) is 5.75 Å². The molecule has 0 saturated carbocycles. The van der Waals surface area contributed by atoms with Crippen LogP contribution in [0.3, 0.4) is 0 Å². The number of hydrogen-bond donors (Lipinski definition) is 1. The third-order valence-electron chi connectivity index (χ3n) is 2.33. The van der Waals surface area contributed by atoms with E-state index in [0.29, 0.717) is 5.75 Å². The number of anilines is 1. The zero-order chi connectivity index (χ0) is 13.7. The third-order valence-corrected chi connectivity index (χ3v) is 2.86. The van der Waals surface area contributed by atoms with Crippen LogP contribution in [0.25, 0.3) is 0 Å². The SMILES string of the molecule is O=C(COc1ccc(Br)cc1)Nc1ccccc1F. The number of amides is 1. The van der Waals surface area contributed by atoms with E-state index in [2.05, 4.69) is 21.2 Å². The first kappa shape index (κ1) is 13.5. The topological polar surface area (TPSA) is 38.3 Å². The molecule has 3 nitrogen and oxygen atoms in total. The molecule has 98 valence electrons. The van der Waals surface area contributed by atoms with Crippen LogP contribution in [-0.2, 0) is 4.79 Å². The van der Waals surface area contributed by atoms with Crippen molar-refractivity contribution in [2.24, 2.45) is 0 Å². The molecule has 0 bridgehead atoms. The molecule has 0 saturated heterocycles. The van der Waals surface area contributed by atoms with E-state index < -0.39 is 11.7 Å². The Kier molecular flexibility index (Phi) is 4.52. The van der Waals surface area contributed by atoms with Crippen molar-refractivity contribution >= 4 is 27.5 Å². The summed E-state index contributed by atoms with van der Waals surface area (Å²) in [7, 11) is 0. The number of rotatable bonds is 4. The first-order valence-corrected chi connectivity index (χ1v) is 6.37. The molecule has 0 aliphatic heterocycles. The standard InChI is InChI=1S/C14H11BrFNO2/c15-10-5-7-11(8-6-10)19-9-14(18)17-13-4-2-1-3-12(13)16/h1-8H,9H2,(H,17,18). The summed E-state index contributed by atoms with van der Waals surface area (Å²) in [5.41, 5.74) is 0.145. The maximum absolute atomic E-state index is 13.3. The molecular formula is C14H11BrFNO2. The van der Waals surface area contributed by atoms with Gasteiger partial charge in [-0.25, -0.2) is 4.39 Å². The van der Waals surface area contributed by atoms with Crippen LogP contribution >= 0.6 is 15.9 Å². The van der Waals surface area contributed by atoms with Gasteiger partial charge in [-0.1, -0.05) is 28.1 Å². The predicted octanol–water partition coefficient (Wildman–Crippen LogP) is 3.61. The fourth-order valence-corrected chi connectivity index (χ4v) is 1.69. The molecule has 0 fully saturated rings. The Hall–Kier alpha value is -1.88. The van der Waals surface area contributed by atoms with Gasteiger partial charge in [0.2, 0.25) is 0 Å². The maximum atomic E-state index is 13.3. The van der Waals surface area contributed by atoms with E-state index in [1.165, 1.54) is 12.1 Å². The maximum Gasteiger partial charge on any atom is 0.262 e. The molecule has 0 aromatic heterocycles. The summed E-state index contributed by atoms with van der Waals surface area (Å²) < 4.78 is 19.5. The largest absolute Gasteiger partial charge is 0.484 e. The van der Waals surface area contributed by atoms with Gasteiger partial charge in [-0.05, 0) is 36.4 Å². The van der Waals surface area contributed by atoms with Crippen molar-refractivity contribution in [1.82, 2.24) is 0 Å². The smallest absolute Gasteiger partial charge is 0.262 e. The Morgan fingerprint density at radius 1 is 1.16 bits per heavy atom. The predicted molar refractivity (Wildman–Crippen MR) is 74.7 cm³/mol. The highest BCUT2D eigenvalue weighted by Gasteiger charge is 2.06. The summed E-state index contributed by atoms with van der Waals surface area (Å²) in [6, 6.07) is 13.1. The Balaban J connectivity index is 1.88. The minimum absolute atomic E-state index is 0.145. The van der Waals surface area contributed by atoms with Crippen LogP contribution in [0.1, 0.15) is 0 Å². The van der Waals surface area contributed by atoms with Crippen LogP contribution in [0.15, 0.2) is 53.0 Å². The average molecular weight is 324 g/mol. The highest BCUT2D eigenvalue weighted by molar-refractivity contribution is 9.10. The second-order valence-corrected chi connectivity index (χ2v) is 4.69. The summed E-state index contributed by atoms with van der Waals surface area (Å²) in [6.07, 6.45) is 0. The number of nitrogens with one attached hydrogen (secondary N) is 1. The normalized spacial score (nSPS) is 10.0. The van der Waals surface area contributed by atoms with E-state index in [-0.39, 0.29) is 12.3 Å². The Bertz CT molecular complexity index is 572. The highest BCUT2D eigenvalue weighted by Crippen LogP contribution is 2.16. The molecule has 0 atom stereocenters. The number of halogens is 2. The van der Waals surface area contributed by atoms with Crippen LogP contribution in [0.4, 0.5) is 10.1 Å². The van der Waals surface area contributed by atoms with Gasteiger partial charge in [0.05, 0.1) is 5.69 Å². The molecule has 2 aromatic rings. The lowest BCUT2D eigenvalue weighted by Crippen LogP contribution is -2.20. The van der Waals surface area contributed by atoms with Crippen LogP contribution in [0.2, 0.25) is 0 Å². The van der Waals surface area contributed by atoms with Gasteiger partial charge in [-0.15, -0.1) is 0 Å². The lowest BCUT2D eigenvalue weighted by molar-refractivity contribution is -0.118. The van der Waals surface area contributed by atoms with Gasteiger partial charge in [0.15, 0.2) is 6.61 Å². The summed E-state index contributed by atoms with van der Waals surface area (Å²) in [5, 5.41) is 2.44. The van der Waals surface area contributed by atoms with Gasteiger partial charge in [-0.2, -0.15) is 0 Å². The third kappa shape index (κ3) is 4.06. The molecule has 1 amide bonds. The van der Waals surface area contributed by atoms with Gasteiger partial charge < -0.3 is 10.1 Å². The summed E-state index contributed by atoms with van der Waals surface area (Å²) in [6.45, 7) is -0.171. The van der Waals surface area contributed by atoms with Crippen molar-refractivity contribution in [3.05, 3.63) is 58.8 Å². The number of ether oxygens (including phenoxy) is 1. The first-order chi connectivity index (χ1) is 9.15. The Labute approximate surface area is 118 Å². The number of hydrogen-bond acceptors (Lipinski definition) is 2. The van der Waals surface area contributed by atoms with E-state index in [0.717, 1.165) is 4.47 Å². The van der Waals surface area contributed by atoms with Gasteiger partial charge in [0, 0.05) is 4.47 Å². The minimum atomic E-state index is -0.473. The van der Waals surface area contributed by atoms with Crippen molar-refractivity contribution < 1.29 is 13.9 Å². The fourth-order valence-electron chi connectivity index (χ4n) is 1.43. The molecule has 2 aromatic carbocycles. The van der Waals surface area contributed by atoms with Gasteiger partial charge in [0.25, 0.3) is 5.91 Å². The molecule has 5 heteroatoms. The highest BCUT2D eigenvalue weighted by atomic mass is 79.9. The average Bonchev–Trinajstić information content (AvgIpc) is 2.41. The van der Waals surface area contributed by atoms with Gasteiger partial charge in [-0.3, -0.25) is 4.79 Å². The number of carbonyl (C=O) groups is 1. The molecule has 0 heterocycles. The van der Waals surface area contributed by atoms with Crippen LogP contribution in [0, 0.1) is 5.82 Å².